The largest absolute Gasteiger partial charge is 0.456 e. The van der Waals surface area contributed by atoms with E-state index in [9.17, 15) is 0 Å². The van der Waals surface area contributed by atoms with Crippen molar-refractivity contribution in [2.75, 3.05) is 0 Å². The molecule has 2 nitrogen and oxygen atoms in total. The Morgan fingerprint density at radius 2 is 1.52 bits per heavy atom. The van der Waals surface area contributed by atoms with Crippen LogP contribution in [0.3, 0.4) is 0 Å². The van der Waals surface area contributed by atoms with Gasteiger partial charge in [-0.3, -0.25) is 0 Å². The maximum atomic E-state index is 6.11. The van der Waals surface area contributed by atoms with E-state index < -0.39 is 0 Å². The molecule has 0 N–H and O–H groups in total. The van der Waals surface area contributed by atoms with Gasteiger partial charge in [-0.1, -0.05) is 66.7 Å². The highest BCUT2D eigenvalue weighted by molar-refractivity contribution is 5.97. The Labute approximate surface area is 145 Å². The van der Waals surface area contributed by atoms with Gasteiger partial charge in [0.1, 0.15) is 11.3 Å². The van der Waals surface area contributed by atoms with Crippen LogP contribution in [-0.2, 0) is 6.54 Å². The smallest absolute Gasteiger partial charge is 0.137 e. The highest BCUT2D eigenvalue weighted by Crippen LogP contribution is 2.34. The van der Waals surface area contributed by atoms with Crippen molar-refractivity contribution in [3.63, 3.8) is 0 Å². The van der Waals surface area contributed by atoms with Crippen LogP contribution in [-0.4, -0.2) is 4.57 Å². The van der Waals surface area contributed by atoms with Crippen LogP contribution >= 0.6 is 0 Å². The normalized spacial score (nSPS) is 11.4. The van der Waals surface area contributed by atoms with Crippen LogP contribution in [0.4, 0.5) is 0 Å². The Balaban J connectivity index is 1.68. The summed E-state index contributed by atoms with van der Waals surface area (Å²) in [6, 6.07) is 29.3. The lowest BCUT2D eigenvalue weighted by atomic mass is 10.1. The third-order valence-corrected chi connectivity index (χ3v) is 4.68. The van der Waals surface area contributed by atoms with Crippen molar-refractivity contribution in [1.82, 2.24) is 4.57 Å². The second kappa shape index (κ2) is 5.67. The van der Waals surface area contributed by atoms with Gasteiger partial charge in [0.15, 0.2) is 0 Å². The number of aromatic nitrogens is 1. The van der Waals surface area contributed by atoms with Gasteiger partial charge in [-0.15, -0.1) is 0 Å². The zero-order valence-corrected chi connectivity index (χ0v) is 13.7. The van der Waals surface area contributed by atoms with E-state index >= 15 is 0 Å². The highest BCUT2D eigenvalue weighted by Gasteiger charge is 2.14. The van der Waals surface area contributed by atoms with Gasteiger partial charge in [0.2, 0.25) is 0 Å². The summed E-state index contributed by atoms with van der Waals surface area (Å²) in [6.45, 7) is 0.849. The van der Waals surface area contributed by atoms with Crippen LogP contribution < -0.4 is 0 Å². The number of nitrogens with zero attached hydrogens (tertiary/aromatic N) is 1. The number of furan rings is 1. The second-order valence-corrected chi connectivity index (χ2v) is 6.32. The minimum atomic E-state index is 0.849. The molecule has 0 saturated heterocycles. The van der Waals surface area contributed by atoms with Gasteiger partial charge in [0, 0.05) is 34.6 Å². The minimum Gasteiger partial charge on any atom is -0.456 e. The fourth-order valence-corrected chi connectivity index (χ4v) is 3.47. The molecule has 0 bridgehead atoms. The molecule has 120 valence electrons. The SMILES string of the molecule is c1ccc(Cn2cc(-c3cc4ccccc4o3)c3ccccc32)cc1. The highest BCUT2D eigenvalue weighted by atomic mass is 16.3. The van der Waals surface area contributed by atoms with Crippen molar-refractivity contribution in [3.8, 4) is 11.3 Å². The molecule has 0 atom stereocenters. The molecule has 0 aliphatic rings. The van der Waals surface area contributed by atoms with Crippen LogP contribution in [0, 0.1) is 0 Å². The van der Waals surface area contributed by atoms with E-state index in [-0.39, 0.29) is 0 Å². The first kappa shape index (κ1) is 14.1. The monoisotopic (exact) mass is 323 g/mol. The zero-order valence-electron chi connectivity index (χ0n) is 13.7. The Morgan fingerprint density at radius 3 is 2.40 bits per heavy atom. The van der Waals surface area contributed by atoms with Crippen LogP contribution in [0.15, 0.2) is 95.5 Å². The van der Waals surface area contributed by atoms with Crippen LogP contribution in [0.25, 0.3) is 33.2 Å². The molecule has 0 spiro atoms. The number of para-hydroxylation sites is 2. The molecular weight excluding hydrogens is 306 g/mol. The summed E-state index contributed by atoms with van der Waals surface area (Å²) in [5.74, 6) is 0.921. The lowest BCUT2D eigenvalue weighted by Crippen LogP contribution is -1.97. The fraction of sp³-hybridized carbons (Fsp3) is 0.0435. The fourth-order valence-electron chi connectivity index (χ4n) is 3.47. The van der Waals surface area contributed by atoms with E-state index in [2.05, 4.69) is 77.5 Å². The number of fused-ring (bicyclic) bond motifs is 2. The molecule has 5 rings (SSSR count). The Kier molecular flexibility index (Phi) is 3.20. The summed E-state index contributed by atoms with van der Waals surface area (Å²) in [5, 5.41) is 2.36. The van der Waals surface area contributed by atoms with Gasteiger partial charge in [-0.2, -0.15) is 0 Å². The van der Waals surface area contributed by atoms with Crippen molar-refractivity contribution in [1.29, 1.82) is 0 Å². The first-order valence-electron chi connectivity index (χ1n) is 8.49. The average molecular weight is 323 g/mol. The topological polar surface area (TPSA) is 18.1 Å². The summed E-state index contributed by atoms with van der Waals surface area (Å²) in [4.78, 5) is 0. The van der Waals surface area contributed by atoms with Crippen molar-refractivity contribution in [2.45, 2.75) is 6.54 Å². The minimum absolute atomic E-state index is 0.849. The van der Waals surface area contributed by atoms with E-state index in [1.165, 1.54) is 16.5 Å². The Bertz CT molecular complexity index is 1130. The number of hydrogen-bond acceptors (Lipinski definition) is 1. The van der Waals surface area contributed by atoms with E-state index in [4.69, 9.17) is 4.42 Å². The summed E-state index contributed by atoms with van der Waals surface area (Å²) in [6.07, 6.45) is 2.20. The van der Waals surface area contributed by atoms with Crippen LogP contribution in [0.2, 0.25) is 0 Å². The lowest BCUT2D eigenvalue weighted by molar-refractivity contribution is 0.631. The molecule has 2 heterocycles. The first-order chi connectivity index (χ1) is 12.4. The number of rotatable bonds is 3. The standard InChI is InChI=1S/C23H17NO/c1-2-8-17(9-3-1)15-24-16-20(19-11-5-6-12-21(19)24)23-14-18-10-4-7-13-22(18)25-23/h1-14,16H,15H2. The summed E-state index contributed by atoms with van der Waals surface area (Å²) in [7, 11) is 0. The lowest BCUT2D eigenvalue weighted by Gasteiger charge is -2.05. The first-order valence-corrected chi connectivity index (χ1v) is 8.49. The zero-order chi connectivity index (χ0) is 16.6. The third kappa shape index (κ3) is 2.43. The predicted molar refractivity (Wildman–Crippen MR) is 103 cm³/mol. The molecule has 0 amide bonds. The van der Waals surface area contributed by atoms with E-state index in [1.807, 2.05) is 18.2 Å². The van der Waals surface area contributed by atoms with Gasteiger partial charge < -0.3 is 8.98 Å². The molecule has 0 unspecified atom stereocenters. The number of hydrogen-bond donors (Lipinski definition) is 0. The molecule has 0 aliphatic heterocycles. The van der Waals surface area contributed by atoms with Gasteiger partial charge in [0.25, 0.3) is 0 Å². The van der Waals surface area contributed by atoms with Crippen molar-refractivity contribution >= 4 is 21.9 Å². The molecule has 0 aliphatic carbocycles. The Morgan fingerprint density at radius 1 is 0.760 bits per heavy atom. The third-order valence-electron chi connectivity index (χ3n) is 4.68. The summed E-state index contributed by atoms with van der Waals surface area (Å²) in [5.41, 5.74) is 4.58. The average Bonchev–Trinajstić information content (AvgIpc) is 3.24. The van der Waals surface area contributed by atoms with Crippen molar-refractivity contribution < 1.29 is 4.42 Å². The quantitative estimate of drug-likeness (QED) is 0.392. The van der Waals surface area contributed by atoms with E-state index in [0.717, 1.165) is 28.8 Å². The molecule has 5 aromatic rings. The predicted octanol–water partition coefficient (Wildman–Crippen LogP) is 6.10. The van der Waals surface area contributed by atoms with Gasteiger partial charge in [-0.05, 0) is 23.8 Å². The maximum Gasteiger partial charge on any atom is 0.137 e. The summed E-state index contributed by atoms with van der Waals surface area (Å²) >= 11 is 0. The molecule has 25 heavy (non-hydrogen) atoms. The van der Waals surface area contributed by atoms with Gasteiger partial charge in [-0.25, -0.2) is 0 Å². The molecule has 3 aromatic carbocycles. The van der Waals surface area contributed by atoms with Crippen molar-refractivity contribution in [2.24, 2.45) is 0 Å². The van der Waals surface area contributed by atoms with E-state index in [1.54, 1.807) is 0 Å². The Hall–Kier alpha value is -3.26. The van der Waals surface area contributed by atoms with Crippen LogP contribution in [0.1, 0.15) is 5.56 Å². The summed E-state index contributed by atoms with van der Waals surface area (Å²) < 4.78 is 8.41. The van der Waals surface area contributed by atoms with Gasteiger partial charge >= 0.3 is 0 Å². The maximum absolute atomic E-state index is 6.11. The molecule has 0 radical (unpaired) electrons. The molecular formula is C23H17NO. The second-order valence-electron chi connectivity index (χ2n) is 6.32. The van der Waals surface area contributed by atoms with E-state index in [0.29, 0.717) is 0 Å². The number of benzene rings is 3. The molecule has 2 aromatic heterocycles. The van der Waals surface area contributed by atoms with Crippen molar-refractivity contribution in [3.05, 3.63) is 96.7 Å². The van der Waals surface area contributed by atoms with Gasteiger partial charge in [0.05, 0.1) is 0 Å². The molecule has 2 heteroatoms. The van der Waals surface area contributed by atoms with Crippen LogP contribution in [0.5, 0.6) is 0 Å². The molecule has 0 saturated carbocycles. The molecule has 0 fully saturated rings.